The quantitative estimate of drug-likeness (QED) is 0.806. The smallest absolute Gasteiger partial charge is 0.123 e. The highest BCUT2D eigenvalue weighted by Gasteiger charge is 2.18. The third-order valence-corrected chi connectivity index (χ3v) is 3.01. The van der Waals surface area contributed by atoms with E-state index >= 15 is 0 Å². The van der Waals surface area contributed by atoms with Crippen molar-refractivity contribution >= 4 is 0 Å². The lowest BCUT2D eigenvalue weighted by Crippen LogP contribution is -2.21. The zero-order valence-corrected chi connectivity index (χ0v) is 11.9. The lowest BCUT2D eigenvalue weighted by Gasteiger charge is -2.20. The Bertz CT molecular complexity index is 374. The fourth-order valence-electron chi connectivity index (χ4n) is 2.10. The maximum absolute atomic E-state index is 5.46. The molecule has 1 aromatic rings. The van der Waals surface area contributed by atoms with E-state index in [9.17, 15) is 0 Å². The van der Waals surface area contributed by atoms with Crippen molar-refractivity contribution in [3.05, 3.63) is 23.3 Å². The molecule has 0 saturated carbocycles. The van der Waals surface area contributed by atoms with Crippen LogP contribution in [0.25, 0.3) is 0 Å². The van der Waals surface area contributed by atoms with Crippen LogP contribution in [0.5, 0.6) is 11.5 Å². The van der Waals surface area contributed by atoms with Gasteiger partial charge in [-0.25, -0.2) is 0 Å². The maximum Gasteiger partial charge on any atom is 0.123 e. The summed E-state index contributed by atoms with van der Waals surface area (Å²) in [7, 11) is 7.01. The van der Waals surface area contributed by atoms with Crippen molar-refractivity contribution in [2.45, 2.75) is 12.8 Å². The Labute approximate surface area is 109 Å². The molecule has 0 aliphatic heterocycles. The number of likely N-dealkylation sites (N-methyl/N-ethyl adjacent to an activating group) is 1. The molecule has 0 amide bonds. The van der Waals surface area contributed by atoms with Crippen LogP contribution in [0.1, 0.15) is 17.0 Å². The first kappa shape index (κ1) is 14.8. The van der Waals surface area contributed by atoms with Gasteiger partial charge in [-0.05, 0) is 31.7 Å². The minimum atomic E-state index is 0.240. The van der Waals surface area contributed by atoms with Gasteiger partial charge in [0.25, 0.3) is 0 Å². The molecule has 0 bridgehead atoms. The van der Waals surface area contributed by atoms with Gasteiger partial charge in [-0.15, -0.1) is 0 Å². The number of nitrogens with one attached hydrogen (secondary N) is 1. The second-order valence-corrected chi connectivity index (χ2v) is 4.27. The van der Waals surface area contributed by atoms with Crippen molar-refractivity contribution in [1.29, 1.82) is 0 Å². The zero-order valence-electron chi connectivity index (χ0n) is 11.9. The molecule has 0 spiro atoms. The maximum atomic E-state index is 5.46. The summed E-state index contributed by atoms with van der Waals surface area (Å²) in [6.45, 7) is 3.48. The van der Waals surface area contributed by atoms with Crippen LogP contribution in [0.2, 0.25) is 0 Å². The van der Waals surface area contributed by atoms with Crippen LogP contribution in [0.15, 0.2) is 12.1 Å². The summed E-state index contributed by atoms with van der Waals surface area (Å²) in [5, 5.41) is 3.18. The second-order valence-electron chi connectivity index (χ2n) is 4.27. The molecule has 1 N–H and O–H groups in total. The number of benzene rings is 1. The Kier molecular flexibility index (Phi) is 5.95. The SMILES string of the molecule is CNCC(COC)c1cc(OC)c(C)cc1OC. The highest BCUT2D eigenvalue weighted by molar-refractivity contribution is 5.47. The number of hydrogen-bond acceptors (Lipinski definition) is 4. The molecule has 0 aliphatic rings. The van der Waals surface area contributed by atoms with Crippen molar-refractivity contribution in [3.63, 3.8) is 0 Å². The Morgan fingerprint density at radius 3 is 2.28 bits per heavy atom. The molecule has 1 unspecified atom stereocenters. The van der Waals surface area contributed by atoms with Crippen molar-refractivity contribution in [2.24, 2.45) is 0 Å². The van der Waals surface area contributed by atoms with Gasteiger partial charge in [-0.1, -0.05) is 0 Å². The lowest BCUT2D eigenvalue weighted by atomic mass is 9.97. The van der Waals surface area contributed by atoms with Crippen LogP contribution in [-0.4, -0.2) is 41.5 Å². The van der Waals surface area contributed by atoms with E-state index in [2.05, 4.69) is 5.32 Å². The lowest BCUT2D eigenvalue weighted by molar-refractivity contribution is 0.177. The first-order chi connectivity index (χ1) is 8.67. The third-order valence-electron chi connectivity index (χ3n) is 3.01. The van der Waals surface area contributed by atoms with Gasteiger partial charge < -0.3 is 19.5 Å². The van der Waals surface area contributed by atoms with Crippen molar-refractivity contribution in [3.8, 4) is 11.5 Å². The number of ether oxygens (including phenoxy) is 3. The first-order valence-electron chi connectivity index (χ1n) is 6.04. The summed E-state index contributed by atoms with van der Waals surface area (Å²) in [4.78, 5) is 0. The predicted molar refractivity (Wildman–Crippen MR) is 72.8 cm³/mol. The molecule has 1 atom stereocenters. The second kappa shape index (κ2) is 7.24. The van der Waals surface area contributed by atoms with E-state index in [4.69, 9.17) is 14.2 Å². The van der Waals surface area contributed by atoms with Crippen LogP contribution < -0.4 is 14.8 Å². The average molecular weight is 253 g/mol. The molecule has 4 heteroatoms. The monoisotopic (exact) mass is 253 g/mol. The molecule has 1 aromatic carbocycles. The molecule has 18 heavy (non-hydrogen) atoms. The van der Waals surface area contributed by atoms with Crippen LogP contribution in [-0.2, 0) is 4.74 Å². The van der Waals surface area contributed by atoms with Gasteiger partial charge in [0.1, 0.15) is 11.5 Å². The van der Waals surface area contributed by atoms with E-state index < -0.39 is 0 Å². The van der Waals surface area contributed by atoms with Crippen LogP contribution in [0, 0.1) is 6.92 Å². The van der Waals surface area contributed by atoms with Gasteiger partial charge in [0, 0.05) is 25.1 Å². The van der Waals surface area contributed by atoms with E-state index in [0.29, 0.717) is 6.61 Å². The number of hydrogen-bond donors (Lipinski definition) is 1. The summed E-state index contributed by atoms with van der Waals surface area (Å²) < 4.78 is 16.1. The van der Waals surface area contributed by atoms with Gasteiger partial charge in [-0.3, -0.25) is 0 Å². The Balaban J connectivity index is 3.16. The average Bonchev–Trinajstić information content (AvgIpc) is 2.38. The highest BCUT2D eigenvalue weighted by atomic mass is 16.5. The molecule has 0 radical (unpaired) electrons. The van der Waals surface area contributed by atoms with E-state index in [1.807, 2.05) is 26.1 Å². The van der Waals surface area contributed by atoms with Crippen LogP contribution >= 0.6 is 0 Å². The minimum Gasteiger partial charge on any atom is -0.496 e. The molecular formula is C14H23NO3. The molecule has 0 fully saturated rings. The largest absolute Gasteiger partial charge is 0.496 e. The summed E-state index contributed by atoms with van der Waals surface area (Å²) in [5.41, 5.74) is 2.18. The van der Waals surface area contributed by atoms with Crippen molar-refractivity contribution in [1.82, 2.24) is 5.32 Å². The summed E-state index contributed by atoms with van der Waals surface area (Å²) in [6, 6.07) is 4.04. The fourth-order valence-corrected chi connectivity index (χ4v) is 2.10. The highest BCUT2D eigenvalue weighted by Crippen LogP contribution is 2.33. The van der Waals surface area contributed by atoms with Crippen LogP contribution in [0.4, 0.5) is 0 Å². The number of methoxy groups -OCH3 is 3. The van der Waals surface area contributed by atoms with Gasteiger partial charge in [0.05, 0.1) is 20.8 Å². The minimum absolute atomic E-state index is 0.240. The zero-order chi connectivity index (χ0) is 13.5. The normalized spacial score (nSPS) is 12.3. The molecule has 0 aromatic heterocycles. The van der Waals surface area contributed by atoms with Gasteiger partial charge in [0.15, 0.2) is 0 Å². The van der Waals surface area contributed by atoms with E-state index in [-0.39, 0.29) is 5.92 Å². The van der Waals surface area contributed by atoms with Crippen molar-refractivity contribution in [2.75, 3.05) is 41.5 Å². The van der Waals surface area contributed by atoms with E-state index in [1.54, 1.807) is 21.3 Å². The fraction of sp³-hybridized carbons (Fsp3) is 0.571. The summed E-state index contributed by atoms with van der Waals surface area (Å²) >= 11 is 0. The van der Waals surface area contributed by atoms with E-state index in [0.717, 1.165) is 29.2 Å². The van der Waals surface area contributed by atoms with Crippen LogP contribution in [0.3, 0.4) is 0 Å². The summed E-state index contributed by atoms with van der Waals surface area (Å²) in [5.74, 6) is 2.00. The topological polar surface area (TPSA) is 39.7 Å². The molecule has 102 valence electrons. The standard InChI is InChI=1S/C14H23NO3/c1-10-6-14(18-5)12(7-13(10)17-4)11(8-15-2)9-16-3/h6-7,11,15H,8-9H2,1-5H3. The number of rotatable bonds is 7. The molecule has 0 saturated heterocycles. The predicted octanol–water partition coefficient (Wildman–Crippen LogP) is 1.96. The Hall–Kier alpha value is -1.26. The Morgan fingerprint density at radius 2 is 1.78 bits per heavy atom. The molecular weight excluding hydrogens is 230 g/mol. The summed E-state index contributed by atoms with van der Waals surface area (Å²) in [6.07, 6.45) is 0. The van der Waals surface area contributed by atoms with Gasteiger partial charge in [0.2, 0.25) is 0 Å². The van der Waals surface area contributed by atoms with Gasteiger partial charge >= 0.3 is 0 Å². The van der Waals surface area contributed by atoms with Crippen molar-refractivity contribution < 1.29 is 14.2 Å². The van der Waals surface area contributed by atoms with Gasteiger partial charge in [-0.2, -0.15) is 0 Å². The Morgan fingerprint density at radius 1 is 1.11 bits per heavy atom. The number of aryl methyl sites for hydroxylation is 1. The first-order valence-corrected chi connectivity index (χ1v) is 6.04. The molecule has 0 heterocycles. The molecule has 0 aliphatic carbocycles. The van der Waals surface area contributed by atoms with E-state index in [1.165, 1.54) is 0 Å². The third kappa shape index (κ3) is 3.37. The molecule has 4 nitrogen and oxygen atoms in total. The molecule has 1 rings (SSSR count).